The fraction of sp³-hybridized carbons (Fsp3) is 0.320. The number of likely N-dealkylation sites (tertiary alicyclic amines) is 1. The summed E-state index contributed by atoms with van der Waals surface area (Å²) >= 11 is 11.4. The van der Waals surface area contributed by atoms with Gasteiger partial charge < -0.3 is 20.6 Å². The van der Waals surface area contributed by atoms with Crippen molar-refractivity contribution in [2.75, 3.05) is 31.6 Å². The molecule has 1 aliphatic rings. The van der Waals surface area contributed by atoms with Crippen molar-refractivity contribution in [2.45, 2.75) is 19.8 Å². The smallest absolute Gasteiger partial charge is 0.239 e. The number of carbonyl (C=O) groups excluding carboxylic acids is 3. The van der Waals surface area contributed by atoms with E-state index >= 15 is 0 Å². The highest BCUT2D eigenvalue weighted by atomic mass is 35.5. The lowest BCUT2D eigenvalue weighted by Crippen LogP contribution is -2.48. The Hall–Kier alpha value is -2.87. The lowest BCUT2D eigenvalue weighted by Gasteiger charge is -2.31. The highest BCUT2D eigenvalue weighted by Gasteiger charge is 2.31. The van der Waals surface area contributed by atoms with Gasteiger partial charge in [-0.1, -0.05) is 53.5 Å². The van der Waals surface area contributed by atoms with Crippen molar-refractivity contribution < 1.29 is 19.5 Å². The fourth-order valence-corrected chi connectivity index (χ4v) is 3.27. The largest absolute Gasteiger partial charge is 0.395 e. The zero-order valence-corrected chi connectivity index (χ0v) is 20.7. The molecule has 3 amide bonds. The molecule has 2 aromatic carbocycles. The van der Waals surface area contributed by atoms with Crippen molar-refractivity contribution in [1.29, 1.82) is 0 Å². The number of aliphatic hydroxyl groups excluding tert-OH is 1. The van der Waals surface area contributed by atoms with Crippen molar-refractivity contribution in [3.05, 3.63) is 77.3 Å². The maximum absolute atomic E-state index is 12.4. The summed E-state index contributed by atoms with van der Waals surface area (Å²) in [5.74, 6) is -1.09. The number of anilines is 1. The summed E-state index contributed by atoms with van der Waals surface area (Å²) in [5.41, 5.74) is 0.594. The van der Waals surface area contributed by atoms with Crippen LogP contribution in [0.3, 0.4) is 0 Å². The van der Waals surface area contributed by atoms with E-state index < -0.39 is 0 Å². The molecule has 0 aliphatic carbocycles. The highest BCUT2D eigenvalue weighted by Crippen LogP contribution is 2.21. The van der Waals surface area contributed by atoms with E-state index in [1.807, 2.05) is 37.3 Å². The first-order chi connectivity index (χ1) is 16.3. The van der Waals surface area contributed by atoms with Gasteiger partial charge in [0.25, 0.3) is 0 Å². The molecule has 0 aromatic heterocycles. The summed E-state index contributed by atoms with van der Waals surface area (Å²) in [5, 5.41) is 15.3. The van der Waals surface area contributed by atoms with Crippen molar-refractivity contribution in [1.82, 2.24) is 10.2 Å². The molecule has 34 heavy (non-hydrogen) atoms. The standard InChI is InChI=1S/C16H20ClN3O4.C6H5Cl.C3H6/c17-12-2-1-3-13(8-12)19-16(24)11-4-5-15(23)20(9-11)10-14(22)18-6-7-21;7-6-4-2-1-3-5-6;1-3-2/h1-3,8,11,21H,4-7,9-10H2,(H,18,22)(H,19,24);1-5H;3H,1H2,2H3. The van der Waals surface area contributed by atoms with E-state index in [0.717, 1.165) is 5.02 Å². The summed E-state index contributed by atoms with van der Waals surface area (Å²) in [6, 6.07) is 16.3. The van der Waals surface area contributed by atoms with Crippen LogP contribution in [0.2, 0.25) is 10.0 Å². The van der Waals surface area contributed by atoms with Crippen LogP contribution in [0.15, 0.2) is 67.3 Å². The number of nitrogens with one attached hydrogen (secondary N) is 2. The number of nitrogens with zero attached hydrogens (tertiary/aromatic N) is 1. The van der Waals surface area contributed by atoms with Gasteiger partial charge in [0.1, 0.15) is 0 Å². The summed E-state index contributed by atoms with van der Waals surface area (Å²) in [7, 11) is 0. The molecule has 9 heteroatoms. The maximum atomic E-state index is 12.4. The van der Waals surface area contributed by atoms with E-state index in [2.05, 4.69) is 17.2 Å². The van der Waals surface area contributed by atoms with Crippen molar-refractivity contribution in [2.24, 2.45) is 5.92 Å². The normalized spacial score (nSPS) is 14.5. The third-order valence-electron chi connectivity index (χ3n) is 4.46. The van der Waals surface area contributed by atoms with Gasteiger partial charge in [-0.2, -0.15) is 0 Å². The van der Waals surface area contributed by atoms with Gasteiger partial charge in [-0.25, -0.2) is 0 Å². The van der Waals surface area contributed by atoms with Gasteiger partial charge in [0.2, 0.25) is 17.7 Å². The highest BCUT2D eigenvalue weighted by molar-refractivity contribution is 6.31. The lowest BCUT2D eigenvalue weighted by molar-refractivity contribution is -0.141. The van der Waals surface area contributed by atoms with E-state index in [0.29, 0.717) is 17.1 Å². The average Bonchev–Trinajstić information content (AvgIpc) is 2.80. The molecule has 7 nitrogen and oxygen atoms in total. The maximum Gasteiger partial charge on any atom is 0.239 e. The third kappa shape index (κ3) is 11.8. The van der Waals surface area contributed by atoms with Crippen LogP contribution >= 0.6 is 23.2 Å². The van der Waals surface area contributed by atoms with E-state index in [1.165, 1.54) is 4.90 Å². The molecule has 0 saturated carbocycles. The molecule has 0 bridgehead atoms. The molecule has 3 N–H and O–H groups in total. The number of allylic oxidation sites excluding steroid dienone is 1. The van der Waals surface area contributed by atoms with Crippen LogP contribution in [-0.2, 0) is 14.4 Å². The molecule has 1 aliphatic heterocycles. The summed E-state index contributed by atoms with van der Waals surface area (Å²) in [6.07, 6.45) is 2.42. The summed E-state index contributed by atoms with van der Waals surface area (Å²) in [6.45, 7) is 5.31. The number of aliphatic hydroxyl groups is 1. The quantitative estimate of drug-likeness (QED) is 0.511. The van der Waals surface area contributed by atoms with Crippen LogP contribution in [-0.4, -0.2) is 54.0 Å². The van der Waals surface area contributed by atoms with E-state index in [9.17, 15) is 14.4 Å². The Labute approximate surface area is 210 Å². The molecule has 184 valence electrons. The van der Waals surface area contributed by atoms with Crippen LogP contribution in [0.5, 0.6) is 0 Å². The van der Waals surface area contributed by atoms with Gasteiger partial charge >= 0.3 is 0 Å². The minimum absolute atomic E-state index is 0.111. The zero-order valence-electron chi connectivity index (χ0n) is 19.2. The van der Waals surface area contributed by atoms with Crippen LogP contribution < -0.4 is 10.6 Å². The molecule has 1 atom stereocenters. The van der Waals surface area contributed by atoms with Crippen LogP contribution in [0.1, 0.15) is 19.8 Å². The number of amides is 3. The first kappa shape index (κ1) is 29.2. The zero-order chi connectivity index (χ0) is 25.3. The van der Waals surface area contributed by atoms with Gasteiger partial charge in [-0.15, -0.1) is 6.58 Å². The summed E-state index contributed by atoms with van der Waals surface area (Å²) < 4.78 is 0. The minimum Gasteiger partial charge on any atom is -0.395 e. The monoisotopic (exact) mass is 507 g/mol. The molecular weight excluding hydrogens is 477 g/mol. The Morgan fingerprint density at radius 1 is 1.15 bits per heavy atom. The molecule has 1 heterocycles. The van der Waals surface area contributed by atoms with E-state index in [-0.39, 0.29) is 56.3 Å². The Balaban J connectivity index is 0.000000480. The molecule has 2 aromatic rings. The lowest BCUT2D eigenvalue weighted by atomic mass is 9.96. The van der Waals surface area contributed by atoms with Crippen LogP contribution in [0.4, 0.5) is 5.69 Å². The van der Waals surface area contributed by atoms with Gasteiger partial charge in [-0.05, 0) is 43.7 Å². The van der Waals surface area contributed by atoms with Crippen molar-refractivity contribution in [3.63, 3.8) is 0 Å². The average molecular weight is 508 g/mol. The SMILES string of the molecule is C=CC.Clc1ccccc1.O=C(CN1CC(C(=O)Nc2cccc(Cl)c2)CCC1=O)NCCO. The molecular formula is C25H31Cl2N3O4. The first-order valence-corrected chi connectivity index (χ1v) is 11.6. The van der Waals surface area contributed by atoms with Crippen LogP contribution in [0, 0.1) is 5.92 Å². The number of hydrogen-bond acceptors (Lipinski definition) is 4. The molecule has 1 unspecified atom stereocenters. The second kappa shape index (κ2) is 16.7. The second-order valence-corrected chi connectivity index (χ2v) is 8.16. The van der Waals surface area contributed by atoms with Gasteiger partial charge in [0.15, 0.2) is 0 Å². The number of benzene rings is 2. The second-order valence-electron chi connectivity index (χ2n) is 7.29. The number of piperidine rings is 1. The molecule has 3 rings (SSSR count). The molecule has 0 spiro atoms. The van der Waals surface area contributed by atoms with Gasteiger partial charge in [0, 0.05) is 35.2 Å². The number of halogens is 2. The Kier molecular flexibility index (Phi) is 14.3. The Morgan fingerprint density at radius 3 is 2.35 bits per heavy atom. The van der Waals surface area contributed by atoms with E-state index in [4.69, 9.17) is 28.3 Å². The van der Waals surface area contributed by atoms with Crippen LogP contribution in [0.25, 0.3) is 0 Å². The molecule has 1 fully saturated rings. The predicted molar refractivity (Wildman–Crippen MR) is 137 cm³/mol. The Morgan fingerprint density at radius 2 is 1.79 bits per heavy atom. The van der Waals surface area contributed by atoms with Crippen molar-refractivity contribution >= 4 is 46.6 Å². The van der Waals surface area contributed by atoms with Crippen molar-refractivity contribution in [3.8, 4) is 0 Å². The van der Waals surface area contributed by atoms with E-state index in [1.54, 1.807) is 30.3 Å². The Bertz CT molecular complexity index is 925. The molecule has 0 radical (unpaired) electrons. The number of hydrogen-bond donors (Lipinski definition) is 3. The number of carbonyl (C=O) groups is 3. The van der Waals surface area contributed by atoms with Gasteiger partial charge in [0.05, 0.1) is 19.1 Å². The molecule has 1 saturated heterocycles. The number of rotatable bonds is 6. The minimum atomic E-state index is -0.382. The predicted octanol–water partition coefficient (Wildman–Crippen LogP) is 4.16. The summed E-state index contributed by atoms with van der Waals surface area (Å²) in [4.78, 5) is 37.3. The topological polar surface area (TPSA) is 98.7 Å². The fourth-order valence-electron chi connectivity index (χ4n) is 2.93. The first-order valence-electron chi connectivity index (χ1n) is 10.8. The third-order valence-corrected chi connectivity index (χ3v) is 4.95. The van der Waals surface area contributed by atoms with Gasteiger partial charge in [-0.3, -0.25) is 14.4 Å².